The monoisotopic (exact) mass is 679 g/mol. The van der Waals surface area contributed by atoms with E-state index >= 15 is 0 Å². The Hall–Kier alpha value is -4.94. The van der Waals surface area contributed by atoms with Crippen molar-refractivity contribution in [2.45, 2.75) is 85.0 Å². The van der Waals surface area contributed by atoms with Crippen molar-refractivity contribution >= 4 is 35.7 Å². The first-order valence-corrected chi connectivity index (χ1v) is 16.7. The molecule has 0 spiro atoms. The van der Waals surface area contributed by atoms with Crippen LogP contribution >= 0.6 is 0 Å². The molecule has 0 heterocycles. The van der Waals surface area contributed by atoms with Gasteiger partial charge in [-0.2, -0.15) is 0 Å². The van der Waals surface area contributed by atoms with E-state index in [9.17, 15) is 33.9 Å². The Balaban J connectivity index is 1.57. The van der Waals surface area contributed by atoms with E-state index in [4.69, 9.17) is 4.74 Å². The topological polar surface area (TPSA) is 192 Å². The van der Waals surface area contributed by atoms with Gasteiger partial charge in [0.1, 0.15) is 37.3 Å². The highest BCUT2D eigenvalue weighted by molar-refractivity contribution is 5.95. The van der Waals surface area contributed by atoms with Crippen molar-refractivity contribution in [2.24, 2.45) is 17.8 Å². The molecule has 13 nitrogen and oxygen atoms in total. The molecule has 5 amide bonds. The quantitative estimate of drug-likeness (QED) is 0.156. The molecule has 3 rings (SSSR count). The number of carboxylic acid groups (broad SMARTS) is 1. The molecule has 6 N–H and O–H groups in total. The lowest BCUT2D eigenvalue weighted by molar-refractivity contribution is -0.142. The van der Waals surface area contributed by atoms with Gasteiger partial charge in [0.2, 0.25) is 23.6 Å². The highest BCUT2D eigenvalue weighted by Crippen LogP contribution is 2.44. The van der Waals surface area contributed by atoms with Gasteiger partial charge in [0.15, 0.2) is 0 Å². The highest BCUT2D eigenvalue weighted by atomic mass is 16.5. The summed E-state index contributed by atoms with van der Waals surface area (Å²) in [5, 5.41) is 22.0. The first-order valence-electron chi connectivity index (χ1n) is 16.7. The lowest BCUT2D eigenvalue weighted by Crippen LogP contribution is -2.60. The molecule has 266 valence electrons. The lowest BCUT2D eigenvalue weighted by atomic mass is 9.95. The smallest absolute Gasteiger partial charge is 0.407 e. The van der Waals surface area contributed by atoms with Crippen LogP contribution in [0.1, 0.15) is 71.9 Å². The number of carboxylic acids is 1. The molecule has 1 aliphatic carbocycles. The fourth-order valence-corrected chi connectivity index (χ4v) is 5.65. The number of amides is 5. The predicted octanol–water partition coefficient (Wildman–Crippen LogP) is 2.93. The molecule has 0 saturated carbocycles. The van der Waals surface area contributed by atoms with Crippen LogP contribution in [0, 0.1) is 17.8 Å². The van der Waals surface area contributed by atoms with Gasteiger partial charge in [-0.05, 0) is 46.9 Å². The Morgan fingerprint density at radius 3 is 1.65 bits per heavy atom. The van der Waals surface area contributed by atoms with Gasteiger partial charge in [-0.15, -0.1) is 0 Å². The Morgan fingerprint density at radius 2 is 1.16 bits per heavy atom. The van der Waals surface area contributed by atoms with E-state index in [0.717, 1.165) is 22.3 Å². The van der Waals surface area contributed by atoms with Crippen molar-refractivity contribution in [3.05, 3.63) is 59.7 Å². The normalized spacial score (nSPS) is 15.1. The Kier molecular flexibility index (Phi) is 13.7. The average Bonchev–Trinajstić information content (AvgIpc) is 3.38. The minimum absolute atomic E-state index is 0.0787. The molecule has 0 aromatic heterocycles. The molecule has 5 atom stereocenters. The van der Waals surface area contributed by atoms with Gasteiger partial charge >= 0.3 is 12.1 Å². The standard InChI is InChI=1S/C36H49N5O8/c1-8-21(6)31(34(45)38-22(7)35(46)47)41-33(44)30(20(4)5)40-32(43)29(19(2)3)39-28(42)17-37-36(48)49-18-27-25-15-11-9-13-23(25)24-14-10-12-16-26(24)27/h9-16,19-22,27,29-31H,8,17-18H2,1-7H3,(H,37,48)(H,38,45)(H,39,42)(H,40,43)(H,41,44)(H,46,47)/t21-,22-,29-,30-,31-/m0/s1. The molecule has 0 saturated heterocycles. The third-order valence-corrected chi connectivity index (χ3v) is 8.77. The average molecular weight is 680 g/mol. The van der Waals surface area contributed by atoms with Gasteiger partial charge in [-0.1, -0.05) is 96.5 Å². The number of ether oxygens (including phenoxy) is 1. The van der Waals surface area contributed by atoms with Gasteiger partial charge in [0.25, 0.3) is 0 Å². The molecule has 49 heavy (non-hydrogen) atoms. The Labute approximate surface area is 287 Å². The molecule has 0 bridgehead atoms. The minimum Gasteiger partial charge on any atom is -0.480 e. The van der Waals surface area contributed by atoms with Crippen LogP contribution in [0.3, 0.4) is 0 Å². The Morgan fingerprint density at radius 1 is 0.694 bits per heavy atom. The third-order valence-electron chi connectivity index (χ3n) is 8.77. The van der Waals surface area contributed by atoms with Crippen LogP contribution in [-0.2, 0) is 28.7 Å². The zero-order valence-corrected chi connectivity index (χ0v) is 29.2. The van der Waals surface area contributed by atoms with Crippen molar-refractivity contribution < 1.29 is 38.6 Å². The summed E-state index contributed by atoms with van der Waals surface area (Å²) in [6.45, 7) is 11.4. The number of alkyl carbamates (subject to hydrolysis) is 1. The van der Waals surface area contributed by atoms with Crippen molar-refractivity contribution in [2.75, 3.05) is 13.2 Å². The number of hydrogen-bond donors (Lipinski definition) is 6. The first-order chi connectivity index (χ1) is 23.2. The summed E-state index contributed by atoms with van der Waals surface area (Å²) in [5.74, 6) is -5.01. The van der Waals surface area contributed by atoms with Gasteiger partial charge < -0.3 is 36.4 Å². The fourth-order valence-electron chi connectivity index (χ4n) is 5.65. The highest BCUT2D eigenvalue weighted by Gasteiger charge is 2.35. The lowest BCUT2D eigenvalue weighted by Gasteiger charge is -2.30. The maximum absolute atomic E-state index is 13.4. The van der Waals surface area contributed by atoms with E-state index in [1.807, 2.05) is 55.5 Å². The Bertz CT molecular complexity index is 1480. The maximum Gasteiger partial charge on any atom is 0.407 e. The number of nitrogens with one attached hydrogen (secondary N) is 5. The van der Waals surface area contributed by atoms with E-state index in [1.54, 1.807) is 34.6 Å². The summed E-state index contributed by atoms with van der Waals surface area (Å²) >= 11 is 0. The molecule has 1 aliphatic rings. The van der Waals surface area contributed by atoms with Crippen LogP contribution in [0.4, 0.5) is 4.79 Å². The van der Waals surface area contributed by atoms with Gasteiger partial charge in [-0.3, -0.25) is 24.0 Å². The number of carbonyl (C=O) groups excluding carboxylic acids is 5. The number of hydrogen-bond acceptors (Lipinski definition) is 7. The van der Waals surface area contributed by atoms with E-state index in [2.05, 4.69) is 26.6 Å². The molecule has 2 aromatic rings. The summed E-state index contributed by atoms with van der Waals surface area (Å²) < 4.78 is 5.49. The molecule has 0 fully saturated rings. The summed E-state index contributed by atoms with van der Waals surface area (Å²) in [6, 6.07) is 11.6. The number of carbonyl (C=O) groups is 6. The summed E-state index contributed by atoms with van der Waals surface area (Å²) in [7, 11) is 0. The number of rotatable bonds is 16. The van der Waals surface area contributed by atoms with Crippen LogP contribution in [0.15, 0.2) is 48.5 Å². The predicted molar refractivity (Wildman–Crippen MR) is 183 cm³/mol. The van der Waals surface area contributed by atoms with E-state index in [-0.39, 0.29) is 24.4 Å². The number of benzene rings is 2. The van der Waals surface area contributed by atoms with Crippen molar-refractivity contribution in [1.82, 2.24) is 26.6 Å². The van der Waals surface area contributed by atoms with E-state index in [0.29, 0.717) is 6.42 Å². The molecule has 0 radical (unpaired) electrons. The summed E-state index contributed by atoms with van der Waals surface area (Å²) in [4.78, 5) is 76.3. The summed E-state index contributed by atoms with van der Waals surface area (Å²) in [6.07, 6.45) is -0.263. The summed E-state index contributed by atoms with van der Waals surface area (Å²) in [5.41, 5.74) is 4.29. The fraction of sp³-hybridized carbons (Fsp3) is 0.500. The minimum atomic E-state index is -1.22. The zero-order chi connectivity index (χ0) is 36.4. The van der Waals surface area contributed by atoms with Crippen LogP contribution in [0.25, 0.3) is 11.1 Å². The van der Waals surface area contributed by atoms with Crippen LogP contribution in [0.2, 0.25) is 0 Å². The van der Waals surface area contributed by atoms with Crippen LogP contribution in [-0.4, -0.2) is 78.1 Å². The molecular weight excluding hydrogens is 630 g/mol. The molecule has 13 heteroatoms. The van der Waals surface area contributed by atoms with E-state index < -0.39 is 72.3 Å². The first kappa shape index (κ1) is 38.5. The van der Waals surface area contributed by atoms with Crippen LogP contribution < -0.4 is 26.6 Å². The van der Waals surface area contributed by atoms with Crippen molar-refractivity contribution in [3.8, 4) is 11.1 Å². The van der Waals surface area contributed by atoms with E-state index in [1.165, 1.54) is 6.92 Å². The molecule has 2 aromatic carbocycles. The van der Waals surface area contributed by atoms with Gasteiger partial charge in [0.05, 0.1) is 0 Å². The van der Waals surface area contributed by atoms with Crippen molar-refractivity contribution in [1.29, 1.82) is 0 Å². The molecule has 0 unspecified atom stereocenters. The molecule has 0 aliphatic heterocycles. The zero-order valence-electron chi connectivity index (χ0n) is 29.2. The van der Waals surface area contributed by atoms with Gasteiger partial charge in [0, 0.05) is 5.92 Å². The van der Waals surface area contributed by atoms with Gasteiger partial charge in [-0.25, -0.2) is 4.79 Å². The number of aliphatic carboxylic acids is 1. The van der Waals surface area contributed by atoms with Crippen molar-refractivity contribution in [3.63, 3.8) is 0 Å². The molecular formula is C36H49N5O8. The second-order valence-corrected chi connectivity index (χ2v) is 13.1. The van der Waals surface area contributed by atoms with Crippen LogP contribution in [0.5, 0.6) is 0 Å². The second-order valence-electron chi connectivity index (χ2n) is 13.1. The third kappa shape index (κ3) is 10.0. The second kappa shape index (κ2) is 17.5. The number of fused-ring (bicyclic) bond motifs is 3. The SMILES string of the molecule is CC[C@H](C)[C@H](NC(=O)[C@@H](NC(=O)[C@@H](NC(=O)CNC(=O)OCC1c2ccccc2-c2ccccc21)C(C)C)C(C)C)C(=O)N[C@@H](C)C(=O)O. The maximum atomic E-state index is 13.4. The largest absolute Gasteiger partial charge is 0.480 e.